The van der Waals surface area contributed by atoms with Gasteiger partial charge in [0.15, 0.2) is 0 Å². The molecule has 1 aliphatic rings. The third-order valence-electron chi connectivity index (χ3n) is 3.36. The fraction of sp³-hybridized carbons (Fsp3) is 0.417. The molecule has 1 amide bonds. The van der Waals surface area contributed by atoms with E-state index in [1.165, 1.54) is 17.3 Å². The number of likely N-dealkylation sites (tertiary alicyclic amines) is 1. The van der Waals surface area contributed by atoms with Crippen LogP contribution in [0.1, 0.15) is 16.9 Å². The second kappa shape index (κ2) is 6.04. The Morgan fingerprint density at radius 3 is 2.43 bits per heavy atom. The Hall–Kier alpha value is -2.22. The molecule has 0 saturated carbocycles. The zero-order valence-corrected chi connectivity index (χ0v) is 11.5. The first-order valence-corrected chi connectivity index (χ1v) is 6.50. The minimum Gasteiger partial charge on any atom is -0.481 e. The second-order valence-corrected chi connectivity index (χ2v) is 5.04. The molecular weight excluding hydrogens is 302 g/mol. The van der Waals surface area contributed by atoms with E-state index in [1.807, 2.05) is 0 Å². The van der Waals surface area contributed by atoms with Gasteiger partial charge in [0.1, 0.15) is 10.8 Å². The Bertz CT molecular complexity index is 594. The first-order valence-electron chi connectivity index (χ1n) is 6.12. The molecule has 2 heterocycles. The van der Waals surface area contributed by atoms with Gasteiger partial charge in [-0.25, -0.2) is 4.98 Å². The molecule has 0 bridgehead atoms. The minimum absolute atomic E-state index is 0.000383. The van der Waals surface area contributed by atoms with E-state index in [-0.39, 0.29) is 30.4 Å². The van der Waals surface area contributed by atoms with E-state index in [0.29, 0.717) is 0 Å². The third-order valence-corrected chi connectivity index (χ3v) is 3.54. The Balaban J connectivity index is 2.17. The molecule has 2 unspecified atom stereocenters. The van der Waals surface area contributed by atoms with Crippen LogP contribution in [0.5, 0.6) is 0 Å². The minimum atomic E-state index is -1.24. The number of nitrogens with zero attached hydrogens (tertiary/aromatic N) is 3. The highest BCUT2D eigenvalue weighted by Crippen LogP contribution is 2.25. The van der Waals surface area contributed by atoms with Crippen molar-refractivity contribution in [1.82, 2.24) is 14.9 Å². The van der Waals surface area contributed by atoms with Crippen molar-refractivity contribution in [2.24, 2.45) is 11.8 Å². The monoisotopic (exact) mass is 313 g/mol. The number of hydrogen-bond donors (Lipinski definition) is 2. The van der Waals surface area contributed by atoms with Crippen LogP contribution in [0.4, 0.5) is 0 Å². The smallest absolute Gasteiger partial charge is 0.309 e. The van der Waals surface area contributed by atoms with Crippen molar-refractivity contribution in [2.45, 2.75) is 6.42 Å². The number of hydrogen-bond acceptors (Lipinski definition) is 5. The van der Waals surface area contributed by atoms with Crippen molar-refractivity contribution in [3.05, 3.63) is 23.2 Å². The van der Waals surface area contributed by atoms with Gasteiger partial charge in [0, 0.05) is 13.1 Å². The molecule has 1 aromatic heterocycles. The van der Waals surface area contributed by atoms with E-state index in [9.17, 15) is 14.4 Å². The Morgan fingerprint density at radius 1 is 1.19 bits per heavy atom. The van der Waals surface area contributed by atoms with E-state index in [1.54, 1.807) is 0 Å². The Morgan fingerprint density at radius 2 is 1.86 bits per heavy atom. The lowest BCUT2D eigenvalue weighted by Gasteiger charge is -2.34. The van der Waals surface area contributed by atoms with E-state index in [2.05, 4.69) is 9.97 Å². The van der Waals surface area contributed by atoms with Crippen LogP contribution in [0.2, 0.25) is 5.15 Å². The van der Waals surface area contributed by atoms with Crippen molar-refractivity contribution < 1.29 is 24.6 Å². The van der Waals surface area contributed by atoms with Crippen LogP contribution in [-0.4, -0.2) is 56.0 Å². The highest BCUT2D eigenvalue weighted by molar-refractivity contribution is 6.29. The number of amides is 1. The van der Waals surface area contributed by atoms with Crippen LogP contribution < -0.4 is 0 Å². The topological polar surface area (TPSA) is 121 Å². The molecule has 1 aromatic rings. The molecular formula is C12H12ClN3O5. The number of aromatic nitrogens is 2. The van der Waals surface area contributed by atoms with Gasteiger partial charge in [0.05, 0.1) is 24.2 Å². The second-order valence-electron chi connectivity index (χ2n) is 4.66. The van der Waals surface area contributed by atoms with Gasteiger partial charge in [-0.2, -0.15) is 0 Å². The van der Waals surface area contributed by atoms with Crippen LogP contribution in [-0.2, 0) is 9.59 Å². The average Bonchev–Trinajstić information content (AvgIpc) is 2.45. The van der Waals surface area contributed by atoms with Gasteiger partial charge < -0.3 is 15.1 Å². The molecule has 21 heavy (non-hydrogen) atoms. The molecule has 0 spiro atoms. The fourth-order valence-corrected chi connectivity index (χ4v) is 2.44. The quantitative estimate of drug-likeness (QED) is 0.827. The summed E-state index contributed by atoms with van der Waals surface area (Å²) in [6.07, 6.45) is 2.58. The zero-order chi connectivity index (χ0) is 15.6. The lowest BCUT2D eigenvalue weighted by atomic mass is 9.85. The lowest BCUT2D eigenvalue weighted by molar-refractivity contribution is -0.156. The summed E-state index contributed by atoms with van der Waals surface area (Å²) >= 11 is 5.66. The summed E-state index contributed by atoms with van der Waals surface area (Å²) in [7, 11) is 0. The highest BCUT2D eigenvalue weighted by atomic mass is 35.5. The number of piperidine rings is 1. The van der Waals surface area contributed by atoms with Gasteiger partial charge in [0.2, 0.25) is 0 Å². The molecule has 9 heteroatoms. The standard InChI is InChI=1S/C12H12ClN3O5/c13-9-4-14-3-8(15-9)10(17)16-2-1-6(11(18)19)7(5-16)12(20)21/h3-4,6-7H,1-2,5H2,(H,18,19)(H,20,21). The molecule has 1 saturated heterocycles. The van der Waals surface area contributed by atoms with Gasteiger partial charge in [0.25, 0.3) is 5.91 Å². The Kier molecular flexibility index (Phi) is 4.37. The van der Waals surface area contributed by atoms with E-state index in [4.69, 9.17) is 21.8 Å². The summed E-state index contributed by atoms with van der Waals surface area (Å²) in [4.78, 5) is 43.3. The summed E-state index contributed by atoms with van der Waals surface area (Å²) in [5, 5.41) is 18.2. The number of carboxylic acid groups (broad SMARTS) is 2. The van der Waals surface area contributed by atoms with Gasteiger partial charge >= 0.3 is 11.9 Å². The van der Waals surface area contributed by atoms with Crippen LogP contribution in [0, 0.1) is 11.8 Å². The van der Waals surface area contributed by atoms with Gasteiger partial charge in [-0.1, -0.05) is 11.6 Å². The maximum absolute atomic E-state index is 12.2. The summed E-state index contributed by atoms with van der Waals surface area (Å²) in [6, 6.07) is 0. The number of carbonyl (C=O) groups is 3. The van der Waals surface area contributed by atoms with Crippen molar-refractivity contribution in [3.8, 4) is 0 Å². The largest absolute Gasteiger partial charge is 0.481 e. The van der Waals surface area contributed by atoms with E-state index < -0.39 is 29.7 Å². The molecule has 2 rings (SSSR count). The number of halogens is 1. The van der Waals surface area contributed by atoms with Crippen molar-refractivity contribution in [2.75, 3.05) is 13.1 Å². The predicted octanol–water partition coefficient (Wildman–Crippen LogP) is 0.377. The maximum atomic E-state index is 12.2. The zero-order valence-electron chi connectivity index (χ0n) is 10.8. The first kappa shape index (κ1) is 15.2. The third kappa shape index (κ3) is 3.27. The van der Waals surface area contributed by atoms with Gasteiger partial charge in [-0.3, -0.25) is 19.4 Å². The average molecular weight is 314 g/mol. The first-order chi connectivity index (χ1) is 9.90. The molecule has 0 aromatic carbocycles. The summed E-state index contributed by atoms with van der Waals surface area (Å²) < 4.78 is 0. The molecule has 1 aliphatic heterocycles. The number of rotatable bonds is 3. The van der Waals surface area contributed by atoms with E-state index >= 15 is 0 Å². The van der Waals surface area contributed by atoms with Crippen LogP contribution >= 0.6 is 11.6 Å². The summed E-state index contributed by atoms with van der Waals surface area (Å²) in [6.45, 7) is -0.0346. The predicted molar refractivity (Wildman–Crippen MR) is 69.8 cm³/mol. The van der Waals surface area contributed by atoms with E-state index in [0.717, 1.165) is 0 Å². The highest BCUT2D eigenvalue weighted by Gasteiger charge is 2.40. The van der Waals surface area contributed by atoms with Gasteiger partial charge in [-0.05, 0) is 6.42 Å². The fourth-order valence-electron chi connectivity index (χ4n) is 2.29. The summed E-state index contributed by atoms with van der Waals surface area (Å²) in [5.41, 5.74) is 0.000383. The molecule has 0 radical (unpaired) electrons. The molecule has 0 aliphatic carbocycles. The lowest BCUT2D eigenvalue weighted by Crippen LogP contribution is -2.48. The van der Waals surface area contributed by atoms with Gasteiger partial charge in [-0.15, -0.1) is 0 Å². The number of carboxylic acids is 2. The van der Waals surface area contributed by atoms with Crippen LogP contribution in [0.3, 0.4) is 0 Å². The normalized spacial score (nSPS) is 21.9. The molecule has 8 nitrogen and oxygen atoms in total. The Labute approximate surface area is 124 Å². The van der Waals surface area contributed by atoms with Crippen molar-refractivity contribution >= 4 is 29.4 Å². The SMILES string of the molecule is O=C(O)C1CCN(C(=O)c2cncc(Cl)n2)CC1C(=O)O. The molecule has 2 N–H and O–H groups in total. The molecule has 112 valence electrons. The summed E-state index contributed by atoms with van der Waals surface area (Å²) in [5.74, 6) is -5.07. The number of aliphatic carboxylic acids is 2. The van der Waals surface area contributed by atoms with Crippen LogP contribution in [0.15, 0.2) is 12.4 Å². The van der Waals surface area contributed by atoms with Crippen molar-refractivity contribution in [1.29, 1.82) is 0 Å². The van der Waals surface area contributed by atoms with Crippen molar-refractivity contribution in [3.63, 3.8) is 0 Å². The molecule has 2 atom stereocenters. The molecule has 1 fully saturated rings. The van der Waals surface area contributed by atoms with Crippen LogP contribution in [0.25, 0.3) is 0 Å². The number of carbonyl (C=O) groups excluding carboxylic acids is 1. The maximum Gasteiger partial charge on any atom is 0.309 e.